The van der Waals surface area contributed by atoms with E-state index in [0.717, 1.165) is 22.2 Å². The number of benzene rings is 1. The van der Waals surface area contributed by atoms with E-state index < -0.39 is 0 Å². The van der Waals surface area contributed by atoms with Crippen LogP contribution in [0.25, 0.3) is 11.0 Å². The molecule has 0 spiro atoms. The fourth-order valence-electron chi connectivity index (χ4n) is 2.61. The highest BCUT2D eigenvalue weighted by atomic mass is 16.2. The lowest BCUT2D eigenvalue weighted by Gasteiger charge is -2.06. The monoisotopic (exact) mass is 310 g/mol. The second kappa shape index (κ2) is 6.08. The maximum absolute atomic E-state index is 12.1. The lowest BCUT2D eigenvalue weighted by molar-refractivity contribution is -0.120. The number of amides is 1. The number of carbonyl (C=O) groups is 1. The van der Waals surface area contributed by atoms with Crippen LogP contribution < -0.4 is 11.0 Å². The molecule has 6 heteroatoms. The van der Waals surface area contributed by atoms with Gasteiger partial charge in [-0.25, -0.2) is 4.79 Å². The predicted octanol–water partition coefficient (Wildman–Crippen LogP) is 1.13. The van der Waals surface area contributed by atoms with E-state index >= 15 is 0 Å². The van der Waals surface area contributed by atoms with Crippen molar-refractivity contribution in [2.45, 2.75) is 13.0 Å². The van der Waals surface area contributed by atoms with Crippen LogP contribution in [0.3, 0.4) is 0 Å². The van der Waals surface area contributed by atoms with E-state index in [0.29, 0.717) is 6.54 Å². The molecule has 3 aromatic rings. The van der Waals surface area contributed by atoms with Crippen LogP contribution in [0.2, 0.25) is 0 Å². The van der Waals surface area contributed by atoms with Crippen LogP contribution in [0, 0.1) is 0 Å². The molecule has 1 aromatic carbocycles. The van der Waals surface area contributed by atoms with E-state index in [2.05, 4.69) is 10.3 Å². The van der Waals surface area contributed by atoms with Gasteiger partial charge >= 0.3 is 5.69 Å². The minimum atomic E-state index is -0.0701. The van der Waals surface area contributed by atoms with E-state index in [1.54, 1.807) is 35.6 Å². The van der Waals surface area contributed by atoms with Gasteiger partial charge in [0.05, 0.1) is 17.5 Å². The van der Waals surface area contributed by atoms with Gasteiger partial charge in [0.2, 0.25) is 5.91 Å². The summed E-state index contributed by atoms with van der Waals surface area (Å²) in [5, 5.41) is 2.89. The van der Waals surface area contributed by atoms with Gasteiger partial charge in [-0.05, 0) is 35.4 Å². The highest BCUT2D eigenvalue weighted by molar-refractivity contribution is 5.82. The summed E-state index contributed by atoms with van der Waals surface area (Å²) in [4.78, 5) is 27.9. The van der Waals surface area contributed by atoms with Crippen molar-refractivity contribution >= 4 is 16.9 Å². The molecule has 0 fully saturated rings. The highest BCUT2D eigenvalue weighted by Gasteiger charge is 2.10. The number of carbonyl (C=O) groups excluding carboxylic acids is 1. The van der Waals surface area contributed by atoms with E-state index in [1.807, 2.05) is 30.3 Å². The van der Waals surface area contributed by atoms with E-state index in [4.69, 9.17) is 0 Å². The van der Waals surface area contributed by atoms with Gasteiger partial charge in [-0.1, -0.05) is 6.07 Å². The number of imidazole rings is 1. The van der Waals surface area contributed by atoms with Gasteiger partial charge in [-0.3, -0.25) is 18.9 Å². The first-order valence-corrected chi connectivity index (χ1v) is 7.36. The maximum Gasteiger partial charge on any atom is 0.328 e. The zero-order valence-electron chi connectivity index (χ0n) is 13.1. The van der Waals surface area contributed by atoms with Crippen molar-refractivity contribution in [1.82, 2.24) is 19.4 Å². The van der Waals surface area contributed by atoms with Crippen molar-refractivity contribution in [2.75, 3.05) is 0 Å². The molecule has 0 aliphatic heterocycles. The van der Waals surface area contributed by atoms with Crippen LogP contribution in [-0.4, -0.2) is 20.0 Å². The number of hydrogen-bond donors (Lipinski definition) is 1. The molecule has 0 bridgehead atoms. The van der Waals surface area contributed by atoms with Gasteiger partial charge in [0.1, 0.15) is 0 Å². The average Bonchev–Trinajstić information content (AvgIpc) is 2.78. The predicted molar refractivity (Wildman–Crippen MR) is 87.9 cm³/mol. The molecule has 0 atom stereocenters. The number of rotatable bonds is 4. The molecule has 0 unspecified atom stereocenters. The van der Waals surface area contributed by atoms with Crippen LogP contribution in [0.4, 0.5) is 0 Å². The molecule has 0 radical (unpaired) electrons. The Labute approximate surface area is 133 Å². The first-order valence-electron chi connectivity index (χ1n) is 7.36. The minimum Gasteiger partial charge on any atom is -0.352 e. The average molecular weight is 310 g/mol. The molecule has 1 amide bonds. The summed E-state index contributed by atoms with van der Waals surface area (Å²) in [5.74, 6) is -0.0536. The molecule has 6 nitrogen and oxygen atoms in total. The summed E-state index contributed by atoms with van der Waals surface area (Å²) in [5.41, 5.74) is 3.51. The number of aryl methyl sites for hydroxylation is 2. The molecular weight excluding hydrogens is 292 g/mol. The van der Waals surface area contributed by atoms with Crippen LogP contribution >= 0.6 is 0 Å². The first-order chi connectivity index (χ1) is 11.1. The number of pyridine rings is 1. The Morgan fingerprint density at radius 2 is 1.74 bits per heavy atom. The van der Waals surface area contributed by atoms with Crippen molar-refractivity contribution < 1.29 is 4.79 Å². The minimum absolute atomic E-state index is 0.0536. The number of nitrogens with one attached hydrogen (secondary N) is 1. The standard InChI is InChI=1S/C17H18N4O2/c1-20-14-4-3-13(9-15(14)21(2)17(20)23)10-16(22)19-11-12-5-7-18-8-6-12/h3-9H,10-11H2,1-2H3,(H,19,22). The molecular formula is C17H18N4O2. The highest BCUT2D eigenvalue weighted by Crippen LogP contribution is 2.14. The number of aromatic nitrogens is 3. The number of fused-ring (bicyclic) bond motifs is 1. The van der Waals surface area contributed by atoms with Gasteiger partial charge in [-0.2, -0.15) is 0 Å². The molecule has 0 saturated carbocycles. The second-order valence-corrected chi connectivity index (χ2v) is 5.53. The van der Waals surface area contributed by atoms with Crippen molar-refractivity contribution in [3.05, 3.63) is 64.3 Å². The Hall–Kier alpha value is -2.89. The fourth-order valence-corrected chi connectivity index (χ4v) is 2.61. The Kier molecular flexibility index (Phi) is 3.97. The summed E-state index contributed by atoms with van der Waals surface area (Å²) < 4.78 is 3.19. The largest absolute Gasteiger partial charge is 0.352 e. The van der Waals surface area contributed by atoms with Crippen LogP contribution in [-0.2, 0) is 31.9 Å². The molecule has 0 aliphatic rings. The Morgan fingerprint density at radius 1 is 1.04 bits per heavy atom. The lowest BCUT2D eigenvalue weighted by Crippen LogP contribution is -2.24. The van der Waals surface area contributed by atoms with Crippen LogP contribution in [0.5, 0.6) is 0 Å². The number of hydrogen-bond acceptors (Lipinski definition) is 3. The Balaban J connectivity index is 1.72. The summed E-state index contributed by atoms with van der Waals surface area (Å²) in [7, 11) is 3.48. The molecule has 0 aliphatic carbocycles. The molecule has 23 heavy (non-hydrogen) atoms. The van der Waals surface area contributed by atoms with Crippen molar-refractivity contribution in [2.24, 2.45) is 14.1 Å². The maximum atomic E-state index is 12.1. The summed E-state index contributed by atoms with van der Waals surface area (Å²) in [6.45, 7) is 0.480. The second-order valence-electron chi connectivity index (χ2n) is 5.53. The first kappa shape index (κ1) is 15.0. The fraction of sp³-hybridized carbons (Fsp3) is 0.235. The third-order valence-electron chi connectivity index (χ3n) is 3.94. The van der Waals surface area contributed by atoms with Gasteiger partial charge < -0.3 is 5.32 Å². The van der Waals surface area contributed by atoms with Gasteiger partial charge in [0.15, 0.2) is 0 Å². The molecule has 2 heterocycles. The third-order valence-corrected chi connectivity index (χ3v) is 3.94. The molecule has 118 valence electrons. The summed E-state index contributed by atoms with van der Waals surface area (Å²) in [6, 6.07) is 9.39. The lowest BCUT2D eigenvalue weighted by atomic mass is 10.1. The van der Waals surface area contributed by atoms with Gasteiger partial charge in [0.25, 0.3) is 0 Å². The van der Waals surface area contributed by atoms with E-state index in [-0.39, 0.29) is 18.0 Å². The summed E-state index contributed by atoms with van der Waals surface area (Å²) >= 11 is 0. The zero-order chi connectivity index (χ0) is 16.4. The SMILES string of the molecule is Cn1c(=O)n(C)c2cc(CC(=O)NCc3ccncc3)ccc21. The topological polar surface area (TPSA) is 68.9 Å². The van der Waals surface area contributed by atoms with Crippen molar-refractivity contribution in [3.8, 4) is 0 Å². The smallest absolute Gasteiger partial charge is 0.328 e. The van der Waals surface area contributed by atoms with Crippen LogP contribution in [0.1, 0.15) is 11.1 Å². The van der Waals surface area contributed by atoms with Gasteiger partial charge in [0, 0.05) is 33.0 Å². The number of nitrogens with zero attached hydrogens (tertiary/aromatic N) is 3. The van der Waals surface area contributed by atoms with Crippen molar-refractivity contribution in [1.29, 1.82) is 0 Å². The molecule has 2 aromatic heterocycles. The Bertz CT molecular complexity index is 909. The quantitative estimate of drug-likeness (QED) is 0.785. The van der Waals surface area contributed by atoms with Crippen molar-refractivity contribution in [3.63, 3.8) is 0 Å². The summed E-state index contributed by atoms with van der Waals surface area (Å²) in [6.07, 6.45) is 3.68. The molecule has 3 rings (SSSR count). The van der Waals surface area contributed by atoms with Crippen LogP contribution in [0.15, 0.2) is 47.5 Å². The molecule has 0 saturated heterocycles. The zero-order valence-corrected chi connectivity index (χ0v) is 13.1. The normalized spacial score (nSPS) is 10.9. The third kappa shape index (κ3) is 3.01. The van der Waals surface area contributed by atoms with Gasteiger partial charge in [-0.15, -0.1) is 0 Å². The van der Waals surface area contributed by atoms with E-state index in [1.165, 1.54) is 0 Å². The van der Waals surface area contributed by atoms with E-state index in [9.17, 15) is 9.59 Å². The Morgan fingerprint density at radius 3 is 2.48 bits per heavy atom. The molecule has 1 N–H and O–H groups in total.